The first-order chi connectivity index (χ1) is 19.3. The van der Waals surface area contributed by atoms with Gasteiger partial charge in [-0.2, -0.15) is 11.8 Å². The number of carbonyl (C=O) groups is 6. The van der Waals surface area contributed by atoms with Gasteiger partial charge in [0.15, 0.2) is 11.3 Å². The summed E-state index contributed by atoms with van der Waals surface area (Å²) >= 11 is 1.93. The number of esters is 2. The van der Waals surface area contributed by atoms with Gasteiger partial charge in [0.05, 0.1) is 11.5 Å². The average Bonchev–Trinajstić information content (AvgIpc) is 3.67. The summed E-state index contributed by atoms with van der Waals surface area (Å²) in [6.45, 7) is 5.38. The van der Waals surface area contributed by atoms with Crippen LogP contribution in [0, 0.1) is 11.8 Å². The Hall–Kier alpha value is -2.78. The number of Topliss-reactive ketones (excluding diaryl/α,β-unsaturated/α-hetero) is 1. The zero-order valence-electron chi connectivity index (χ0n) is 23.2. The number of nitrogens with one attached hydrogen (secondary N) is 1. The van der Waals surface area contributed by atoms with Crippen LogP contribution in [-0.2, 0) is 38.2 Å². The monoisotopic (exact) mass is 616 g/mol. The maximum Gasteiger partial charge on any atom is 0.375 e. The van der Waals surface area contributed by atoms with E-state index in [1.807, 2.05) is 0 Å². The first-order valence-corrected chi connectivity index (χ1v) is 15.6. The van der Waals surface area contributed by atoms with Crippen LogP contribution in [0.4, 0.5) is 0 Å². The lowest BCUT2D eigenvalue weighted by Crippen LogP contribution is -2.56. The topological polar surface area (TPSA) is 197 Å². The first kappa shape index (κ1) is 32.7. The highest BCUT2D eigenvalue weighted by Crippen LogP contribution is 2.44. The lowest BCUT2D eigenvalue weighted by Gasteiger charge is -2.30. The van der Waals surface area contributed by atoms with Crippen LogP contribution < -0.4 is 5.32 Å². The van der Waals surface area contributed by atoms with Crippen molar-refractivity contribution in [2.75, 3.05) is 37.0 Å². The number of ketones is 1. The number of cyclic esters (lactones) is 1. The van der Waals surface area contributed by atoms with Gasteiger partial charge in [-0.1, -0.05) is 13.8 Å². The molecule has 5 atom stereocenters. The van der Waals surface area contributed by atoms with E-state index in [4.69, 9.17) is 9.47 Å². The largest absolute Gasteiger partial charge is 0.501 e. The van der Waals surface area contributed by atoms with Gasteiger partial charge in [-0.25, -0.2) is 19.2 Å². The second-order valence-electron chi connectivity index (χ2n) is 10.4. The van der Waals surface area contributed by atoms with E-state index in [0.717, 1.165) is 23.5 Å². The molecule has 3 aliphatic heterocycles. The molecule has 0 radical (unpaired) electrons. The van der Waals surface area contributed by atoms with Crippen molar-refractivity contribution in [3.63, 3.8) is 0 Å². The molecule has 1 amide bonds. The highest BCUT2D eigenvalue weighted by molar-refractivity contribution is 8.03. The SMILES string of the molecule is CCOC(=O)C1(CSCC(C)C(=O)C2(C(=O)O)CCCN2)OC(=O)C(O)=C1SCC(C)C(=O)N1CCCC1C(=O)O. The third-order valence-electron chi connectivity index (χ3n) is 7.43. The van der Waals surface area contributed by atoms with E-state index < -0.39 is 70.3 Å². The van der Waals surface area contributed by atoms with Gasteiger partial charge in [-0.15, -0.1) is 11.8 Å². The molecule has 13 nitrogen and oxygen atoms in total. The molecule has 0 aromatic rings. The maximum absolute atomic E-state index is 13.2. The van der Waals surface area contributed by atoms with Gasteiger partial charge in [0.1, 0.15) is 6.04 Å². The van der Waals surface area contributed by atoms with Crippen molar-refractivity contribution in [1.82, 2.24) is 10.2 Å². The number of carbonyl (C=O) groups excluding carboxylic acids is 4. The Morgan fingerprint density at radius 1 is 1.15 bits per heavy atom. The molecule has 4 N–H and O–H groups in total. The minimum absolute atomic E-state index is 0.00518. The van der Waals surface area contributed by atoms with Gasteiger partial charge in [0.25, 0.3) is 5.60 Å². The lowest BCUT2D eigenvalue weighted by atomic mass is 9.86. The second kappa shape index (κ2) is 13.5. The van der Waals surface area contributed by atoms with Crippen molar-refractivity contribution in [2.24, 2.45) is 11.8 Å². The summed E-state index contributed by atoms with van der Waals surface area (Å²) in [6, 6.07) is -0.918. The summed E-state index contributed by atoms with van der Waals surface area (Å²) in [5.41, 5.74) is -3.71. The lowest BCUT2D eigenvalue weighted by molar-refractivity contribution is -0.169. The van der Waals surface area contributed by atoms with E-state index in [9.17, 15) is 44.1 Å². The minimum Gasteiger partial charge on any atom is -0.501 e. The third kappa shape index (κ3) is 6.51. The van der Waals surface area contributed by atoms with E-state index in [2.05, 4.69) is 5.32 Å². The Morgan fingerprint density at radius 3 is 2.44 bits per heavy atom. The molecule has 0 saturated carbocycles. The predicted octanol–water partition coefficient (Wildman–Crippen LogP) is 1.20. The second-order valence-corrected chi connectivity index (χ2v) is 12.4. The number of carboxylic acid groups (broad SMARTS) is 2. The fourth-order valence-corrected chi connectivity index (χ4v) is 7.76. The standard InChI is InChI=1S/C26H36N2O11S2/c1-4-38-24(37)26(13-40-11-14(2)18(30)25(23(35)36)8-6-9-27-25)19(17(29)22(34)39-26)41-12-15(3)20(31)28-10-5-7-16(28)21(32)33/h14-16,27,29H,4-13H2,1-3H3,(H,32,33)(H,35,36). The Kier molecular flexibility index (Phi) is 10.7. The summed E-state index contributed by atoms with van der Waals surface area (Å²) in [7, 11) is 0. The summed E-state index contributed by atoms with van der Waals surface area (Å²) < 4.78 is 10.6. The molecule has 41 heavy (non-hydrogen) atoms. The maximum atomic E-state index is 13.2. The minimum atomic E-state index is -2.04. The van der Waals surface area contributed by atoms with Crippen molar-refractivity contribution in [3.8, 4) is 0 Å². The molecule has 0 bridgehead atoms. The predicted molar refractivity (Wildman–Crippen MR) is 148 cm³/mol. The molecule has 0 aromatic carbocycles. The van der Waals surface area contributed by atoms with Crippen molar-refractivity contribution in [3.05, 3.63) is 10.7 Å². The quantitative estimate of drug-likeness (QED) is 0.160. The molecule has 2 fully saturated rings. The molecule has 228 valence electrons. The van der Waals surface area contributed by atoms with Crippen molar-refractivity contribution < 1.29 is 53.6 Å². The fraction of sp³-hybridized carbons (Fsp3) is 0.692. The molecular formula is C26H36N2O11S2. The van der Waals surface area contributed by atoms with E-state index in [0.29, 0.717) is 32.4 Å². The molecule has 2 saturated heterocycles. The van der Waals surface area contributed by atoms with E-state index in [-0.39, 0.29) is 35.2 Å². The van der Waals surface area contributed by atoms with Crippen molar-refractivity contribution in [1.29, 1.82) is 0 Å². The smallest absolute Gasteiger partial charge is 0.375 e. The van der Waals surface area contributed by atoms with Gasteiger partial charge < -0.3 is 29.7 Å². The number of likely N-dealkylation sites (tertiary alicyclic amines) is 1. The Labute approximate surface area is 245 Å². The number of carboxylic acids is 2. The zero-order valence-corrected chi connectivity index (χ0v) is 24.8. The van der Waals surface area contributed by atoms with Gasteiger partial charge in [-0.05, 0) is 39.2 Å². The number of ether oxygens (including phenoxy) is 2. The zero-order chi connectivity index (χ0) is 30.5. The molecule has 0 aromatic heterocycles. The summed E-state index contributed by atoms with van der Waals surface area (Å²) in [5, 5.41) is 32.5. The molecule has 0 aliphatic carbocycles. The van der Waals surface area contributed by atoms with Crippen molar-refractivity contribution >= 4 is 59.1 Å². The van der Waals surface area contributed by atoms with E-state index in [1.54, 1.807) is 20.8 Å². The van der Waals surface area contributed by atoms with E-state index in [1.165, 1.54) is 4.90 Å². The Bertz CT molecular complexity index is 1120. The van der Waals surface area contributed by atoms with Crippen LogP contribution in [0.5, 0.6) is 0 Å². The van der Waals surface area contributed by atoms with Crippen LogP contribution in [0.15, 0.2) is 10.7 Å². The van der Waals surface area contributed by atoms with Gasteiger partial charge in [-0.3, -0.25) is 14.9 Å². The highest BCUT2D eigenvalue weighted by Gasteiger charge is 2.56. The molecule has 0 spiro atoms. The van der Waals surface area contributed by atoms with Gasteiger partial charge >= 0.3 is 23.9 Å². The number of rotatable bonds is 14. The Balaban J connectivity index is 1.74. The molecule has 3 heterocycles. The van der Waals surface area contributed by atoms with Crippen LogP contribution in [-0.4, -0.2) is 110 Å². The van der Waals surface area contributed by atoms with Crippen LogP contribution in [0.1, 0.15) is 46.5 Å². The van der Waals surface area contributed by atoms with Crippen LogP contribution >= 0.6 is 23.5 Å². The average molecular weight is 617 g/mol. The van der Waals surface area contributed by atoms with Crippen LogP contribution in [0.2, 0.25) is 0 Å². The number of nitrogens with zero attached hydrogens (tertiary/aromatic N) is 1. The van der Waals surface area contributed by atoms with Gasteiger partial charge in [0.2, 0.25) is 11.7 Å². The third-order valence-corrected chi connectivity index (χ3v) is 10.3. The molecule has 3 rings (SSSR count). The fourth-order valence-electron chi connectivity index (χ4n) is 5.23. The number of hydrogen-bond acceptors (Lipinski definition) is 12. The molecule has 15 heteroatoms. The Morgan fingerprint density at radius 2 is 1.85 bits per heavy atom. The number of amides is 1. The number of hydrogen-bond donors (Lipinski definition) is 4. The summed E-state index contributed by atoms with van der Waals surface area (Å²) in [5.74, 6) is -7.68. The number of aliphatic hydroxyl groups is 1. The highest BCUT2D eigenvalue weighted by atomic mass is 32.2. The normalized spacial score (nSPS) is 27.4. The molecule has 3 aliphatic rings. The molecule has 5 unspecified atom stereocenters. The summed E-state index contributed by atoms with van der Waals surface area (Å²) in [4.78, 5) is 76.3. The van der Waals surface area contributed by atoms with Crippen molar-refractivity contribution in [2.45, 2.75) is 63.6 Å². The van der Waals surface area contributed by atoms with Crippen LogP contribution in [0.25, 0.3) is 0 Å². The number of aliphatic hydroxyl groups excluding tert-OH is 1. The van der Waals surface area contributed by atoms with E-state index >= 15 is 0 Å². The van der Waals surface area contributed by atoms with Crippen LogP contribution in [0.3, 0.4) is 0 Å². The molecular weight excluding hydrogens is 580 g/mol. The number of thioether (sulfide) groups is 2. The number of aliphatic carboxylic acids is 2. The summed E-state index contributed by atoms with van der Waals surface area (Å²) in [6.07, 6.45) is 1.62. The first-order valence-electron chi connectivity index (χ1n) is 13.4. The van der Waals surface area contributed by atoms with Gasteiger partial charge in [0, 0.05) is 35.6 Å².